The minimum Gasteiger partial charge on any atom is -0.344 e. The summed E-state index contributed by atoms with van der Waals surface area (Å²) in [6.45, 7) is 1.62. The highest BCUT2D eigenvalue weighted by atomic mass is 19.1. The van der Waals surface area contributed by atoms with Crippen LogP contribution in [0.4, 0.5) is 4.39 Å². The van der Waals surface area contributed by atoms with E-state index in [1.807, 2.05) is 60.7 Å². The number of hydrogen-bond acceptors (Lipinski definition) is 3. The largest absolute Gasteiger partial charge is 0.344 e. The second kappa shape index (κ2) is 10.3. The third kappa shape index (κ3) is 5.48. The summed E-state index contributed by atoms with van der Waals surface area (Å²) >= 11 is 0. The van der Waals surface area contributed by atoms with Gasteiger partial charge >= 0.3 is 0 Å². The Morgan fingerprint density at radius 2 is 1.47 bits per heavy atom. The normalized spacial score (nSPS) is 14.9. The number of nitrogens with one attached hydrogen (secondary N) is 1. The highest BCUT2D eigenvalue weighted by molar-refractivity contribution is 5.97. The molecule has 0 radical (unpaired) electrons. The minimum absolute atomic E-state index is 0.0122. The van der Waals surface area contributed by atoms with Crippen LogP contribution < -0.4 is 5.32 Å². The summed E-state index contributed by atoms with van der Waals surface area (Å²) in [6.07, 6.45) is 1.34. The fraction of sp³-hybridized carbons (Fsp3) is 0.259. The molecule has 0 unspecified atom stereocenters. The van der Waals surface area contributed by atoms with Crippen LogP contribution in [0.5, 0.6) is 0 Å². The van der Waals surface area contributed by atoms with E-state index in [-0.39, 0.29) is 30.2 Å². The molecule has 0 aliphatic carbocycles. The van der Waals surface area contributed by atoms with Crippen molar-refractivity contribution in [3.63, 3.8) is 0 Å². The van der Waals surface area contributed by atoms with Crippen molar-refractivity contribution in [1.29, 1.82) is 0 Å². The maximum Gasteiger partial charge on any atom is 0.234 e. The van der Waals surface area contributed by atoms with Crippen molar-refractivity contribution < 1.29 is 14.0 Å². The average molecular weight is 431 g/mol. The Balaban J connectivity index is 1.34. The molecular formula is C27H27FN2O2. The first-order valence-corrected chi connectivity index (χ1v) is 11.0. The van der Waals surface area contributed by atoms with Crippen LogP contribution in [0.1, 0.15) is 40.4 Å². The van der Waals surface area contributed by atoms with E-state index in [0.29, 0.717) is 31.5 Å². The number of rotatable bonds is 7. The lowest BCUT2D eigenvalue weighted by Gasteiger charge is -2.31. The number of hydrogen-bond donors (Lipinski definition) is 1. The van der Waals surface area contributed by atoms with Crippen molar-refractivity contribution in [2.45, 2.75) is 18.9 Å². The second-order valence-electron chi connectivity index (χ2n) is 8.25. The summed E-state index contributed by atoms with van der Waals surface area (Å²) in [4.78, 5) is 27.6. The SMILES string of the molecule is O=C(CN1CCC(C(=O)c2cccc(F)c2)CC1)NC(c1ccccc1)c1ccccc1. The van der Waals surface area contributed by atoms with E-state index in [1.54, 1.807) is 12.1 Å². The molecule has 0 spiro atoms. The van der Waals surface area contributed by atoms with Crippen LogP contribution in [-0.2, 0) is 4.79 Å². The quantitative estimate of drug-likeness (QED) is 0.556. The van der Waals surface area contributed by atoms with Gasteiger partial charge in [0.15, 0.2) is 5.78 Å². The number of amides is 1. The van der Waals surface area contributed by atoms with Gasteiger partial charge in [0.05, 0.1) is 12.6 Å². The fourth-order valence-electron chi connectivity index (χ4n) is 4.29. The molecule has 0 atom stereocenters. The van der Waals surface area contributed by atoms with Gasteiger partial charge < -0.3 is 5.32 Å². The maximum absolute atomic E-state index is 13.4. The molecule has 3 aromatic carbocycles. The lowest BCUT2D eigenvalue weighted by molar-refractivity contribution is -0.123. The predicted molar refractivity (Wildman–Crippen MR) is 123 cm³/mol. The van der Waals surface area contributed by atoms with Gasteiger partial charge in [-0.25, -0.2) is 4.39 Å². The van der Waals surface area contributed by atoms with Crippen LogP contribution in [-0.4, -0.2) is 36.2 Å². The monoisotopic (exact) mass is 430 g/mol. The molecule has 1 amide bonds. The Morgan fingerprint density at radius 1 is 0.875 bits per heavy atom. The molecule has 1 aliphatic rings. The van der Waals surface area contributed by atoms with E-state index in [1.165, 1.54) is 12.1 Å². The van der Waals surface area contributed by atoms with Crippen LogP contribution >= 0.6 is 0 Å². The molecule has 0 saturated carbocycles. The lowest BCUT2D eigenvalue weighted by atomic mass is 9.89. The van der Waals surface area contributed by atoms with Gasteiger partial charge in [-0.15, -0.1) is 0 Å². The van der Waals surface area contributed by atoms with E-state index >= 15 is 0 Å². The van der Waals surface area contributed by atoms with Gasteiger partial charge in [0.2, 0.25) is 5.91 Å². The predicted octanol–water partition coefficient (Wildman–Crippen LogP) is 4.63. The first kappa shape index (κ1) is 21.9. The molecule has 1 saturated heterocycles. The number of piperidine rings is 1. The highest BCUT2D eigenvalue weighted by Gasteiger charge is 2.27. The maximum atomic E-state index is 13.4. The number of carbonyl (C=O) groups is 2. The topological polar surface area (TPSA) is 49.4 Å². The molecule has 1 aliphatic heterocycles. The minimum atomic E-state index is -0.392. The molecule has 5 heteroatoms. The molecule has 4 nitrogen and oxygen atoms in total. The summed E-state index contributed by atoms with van der Waals surface area (Å²) in [6, 6.07) is 25.5. The van der Waals surface area contributed by atoms with Gasteiger partial charge in [0.1, 0.15) is 5.82 Å². The van der Waals surface area contributed by atoms with E-state index < -0.39 is 5.82 Å². The van der Waals surface area contributed by atoms with Gasteiger partial charge in [-0.05, 0) is 49.2 Å². The first-order valence-electron chi connectivity index (χ1n) is 11.0. The van der Waals surface area contributed by atoms with Crippen molar-refractivity contribution in [2.75, 3.05) is 19.6 Å². The van der Waals surface area contributed by atoms with Crippen LogP contribution in [0.25, 0.3) is 0 Å². The van der Waals surface area contributed by atoms with Gasteiger partial charge in [0, 0.05) is 11.5 Å². The van der Waals surface area contributed by atoms with Crippen LogP contribution in [0.15, 0.2) is 84.9 Å². The summed E-state index contributed by atoms with van der Waals surface area (Å²) in [5, 5.41) is 3.17. The number of likely N-dealkylation sites (tertiary alicyclic amines) is 1. The standard InChI is InChI=1S/C27H27FN2O2/c28-24-13-7-12-23(18-24)27(32)22-14-16-30(17-15-22)19-25(31)29-26(20-8-3-1-4-9-20)21-10-5-2-6-11-21/h1-13,18,22,26H,14-17,19H2,(H,29,31). The summed E-state index contributed by atoms with van der Waals surface area (Å²) < 4.78 is 13.4. The number of halogens is 1. The molecule has 1 heterocycles. The van der Waals surface area contributed by atoms with Crippen LogP contribution in [0.2, 0.25) is 0 Å². The smallest absolute Gasteiger partial charge is 0.234 e. The van der Waals surface area contributed by atoms with Gasteiger partial charge in [-0.2, -0.15) is 0 Å². The molecule has 1 N–H and O–H groups in total. The van der Waals surface area contributed by atoms with Crippen molar-refractivity contribution in [2.24, 2.45) is 5.92 Å². The molecule has 1 fully saturated rings. The fourth-order valence-corrected chi connectivity index (χ4v) is 4.29. The number of benzene rings is 3. The molecule has 0 bridgehead atoms. The summed E-state index contributed by atoms with van der Waals surface area (Å²) in [5.74, 6) is -0.576. The van der Waals surface area contributed by atoms with E-state index in [0.717, 1.165) is 11.1 Å². The molecule has 0 aromatic heterocycles. The Kier molecular flexibility index (Phi) is 7.07. The first-order chi connectivity index (χ1) is 15.6. The second-order valence-corrected chi connectivity index (χ2v) is 8.25. The van der Waals surface area contributed by atoms with Crippen LogP contribution in [0.3, 0.4) is 0 Å². The Hall–Kier alpha value is -3.31. The number of nitrogens with zero attached hydrogens (tertiary/aromatic N) is 1. The van der Waals surface area contributed by atoms with Crippen molar-refractivity contribution in [3.05, 3.63) is 107 Å². The Morgan fingerprint density at radius 3 is 2.03 bits per heavy atom. The zero-order valence-electron chi connectivity index (χ0n) is 17.9. The van der Waals surface area contributed by atoms with E-state index in [4.69, 9.17) is 0 Å². The third-order valence-electron chi connectivity index (χ3n) is 6.01. The molecular weight excluding hydrogens is 403 g/mol. The number of ketones is 1. The number of Topliss-reactive ketones (excluding diaryl/α,β-unsaturated/α-hetero) is 1. The van der Waals surface area contributed by atoms with Gasteiger partial charge in [0.25, 0.3) is 0 Å². The van der Waals surface area contributed by atoms with Crippen molar-refractivity contribution in [3.8, 4) is 0 Å². The van der Waals surface area contributed by atoms with Crippen molar-refractivity contribution >= 4 is 11.7 Å². The molecule has 164 valence electrons. The Labute approximate surface area is 188 Å². The highest BCUT2D eigenvalue weighted by Crippen LogP contribution is 2.24. The van der Waals surface area contributed by atoms with E-state index in [9.17, 15) is 14.0 Å². The summed E-state index contributed by atoms with van der Waals surface area (Å²) in [5.41, 5.74) is 2.49. The zero-order chi connectivity index (χ0) is 22.3. The van der Waals surface area contributed by atoms with Crippen molar-refractivity contribution in [1.82, 2.24) is 10.2 Å². The number of carbonyl (C=O) groups excluding carboxylic acids is 2. The molecule has 32 heavy (non-hydrogen) atoms. The zero-order valence-corrected chi connectivity index (χ0v) is 17.9. The average Bonchev–Trinajstić information content (AvgIpc) is 2.84. The van der Waals surface area contributed by atoms with E-state index in [2.05, 4.69) is 10.2 Å². The van der Waals surface area contributed by atoms with Gasteiger partial charge in [-0.3, -0.25) is 14.5 Å². The molecule has 3 aromatic rings. The van der Waals surface area contributed by atoms with Gasteiger partial charge in [-0.1, -0.05) is 72.8 Å². The third-order valence-corrected chi connectivity index (χ3v) is 6.01. The summed E-state index contributed by atoms with van der Waals surface area (Å²) in [7, 11) is 0. The molecule has 4 rings (SSSR count). The lowest BCUT2D eigenvalue weighted by Crippen LogP contribution is -2.43. The Bertz CT molecular complexity index is 1010. The van der Waals surface area contributed by atoms with Crippen LogP contribution in [0, 0.1) is 11.7 Å².